The molecule has 0 spiro atoms. The molecule has 4 heteroatoms. The van der Waals surface area contributed by atoms with E-state index in [1.165, 1.54) is 111 Å². The predicted molar refractivity (Wildman–Crippen MR) is 272 cm³/mol. The van der Waals surface area contributed by atoms with Crippen molar-refractivity contribution in [3.8, 4) is 11.1 Å². The van der Waals surface area contributed by atoms with Gasteiger partial charge in [0.25, 0.3) is 0 Å². The zero-order chi connectivity index (χ0) is 43.2. The third-order valence-corrected chi connectivity index (χ3v) is 23.7. The molecule has 0 aromatic heterocycles. The van der Waals surface area contributed by atoms with Crippen molar-refractivity contribution in [3.63, 3.8) is 0 Å². The summed E-state index contributed by atoms with van der Waals surface area (Å²) >= 11 is 0. The van der Waals surface area contributed by atoms with Crippen LogP contribution in [0.2, 0.25) is 39.3 Å². The van der Waals surface area contributed by atoms with Crippen molar-refractivity contribution < 1.29 is 0 Å². The van der Waals surface area contributed by atoms with Gasteiger partial charge in [-0.15, -0.1) is 0 Å². The van der Waals surface area contributed by atoms with E-state index >= 15 is 0 Å². The van der Waals surface area contributed by atoms with Crippen molar-refractivity contribution in [2.24, 2.45) is 0 Å². The minimum atomic E-state index is -2.15. The van der Waals surface area contributed by atoms with Crippen LogP contribution in [0.4, 0.5) is 34.1 Å². The van der Waals surface area contributed by atoms with E-state index in [0.29, 0.717) is 0 Å². The van der Waals surface area contributed by atoms with Crippen LogP contribution >= 0.6 is 0 Å². The van der Waals surface area contributed by atoms with Gasteiger partial charge in [0.05, 0.1) is 27.5 Å². The molecule has 1 aliphatic rings. The fourth-order valence-electron chi connectivity index (χ4n) is 11.2. The molecule has 0 saturated carbocycles. The molecule has 0 fully saturated rings. The van der Waals surface area contributed by atoms with Gasteiger partial charge in [0.1, 0.15) is 0 Å². The molecule has 306 valence electrons. The Morgan fingerprint density at radius 1 is 0.344 bits per heavy atom. The van der Waals surface area contributed by atoms with Gasteiger partial charge in [-0.25, -0.2) is 0 Å². The molecule has 8 aromatic carbocycles. The van der Waals surface area contributed by atoms with Crippen molar-refractivity contribution in [3.05, 3.63) is 190 Å². The van der Waals surface area contributed by atoms with Crippen molar-refractivity contribution in [2.75, 3.05) is 9.80 Å². The first-order valence-electron chi connectivity index (χ1n) is 22.0. The lowest BCUT2D eigenvalue weighted by Crippen LogP contribution is -2.63. The van der Waals surface area contributed by atoms with Gasteiger partial charge in [-0.2, -0.15) is 0 Å². The molecule has 0 radical (unpaired) electrons. The Morgan fingerprint density at radius 2 is 0.672 bits per heavy atom. The van der Waals surface area contributed by atoms with E-state index in [2.05, 4.69) is 236 Å². The fraction of sp³-hybridized carbons (Fsp3) is 0.228. The maximum atomic E-state index is 2.67. The second-order valence-corrected chi connectivity index (χ2v) is 30.9. The van der Waals surface area contributed by atoms with Gasteiger partial charge in [-0.3, -0.25) is 0 Å². The van der Waals surface area contributed by atoms with E-state index in [-0.39, 0.29) is 4.66 Å². The average Bonchev–Trinajstić information content (AvgIpc) is 3.54. The SMILES string of the molecule is Cc1ccc(N(c2cc(C)ccc2C)c2cc3c(c4ccccc24)-c2c(cc(N(c4ccc(C)cc4)c4cc(C)ccc4C)c4ccccc24)C3([Si](C)(C)C)[Si](C)(C)C)cc1. The summed E-state index contributed by atoms with van der Waals surface area (Å²) in [6.45, 7) is 29.2. The van der Waals surface area contributed by atoms with Crippen molar-refractivity contribution >= 4 is 71.8 Å². The van der Waals surface area contributed by atoms with Gasteiger partial charge in [0.15, 0.2) is 0 Å². The summed E-state index contributed by atoms with van der Waals surface area (Å²) in [4.78, 5) is 5.13. The summed E-state index contributed by atoms with van der Waals surface area (Å²) in [6, 6.07) is 56.0. The molecule has 0 heterocycles. The van der Waals surface area contributed by atoms with E-state index in [0.717, 1.165) is 0 Å². The highest BCUT2D eigenvalue weighted by molar-refractivity contribution is 7.00. The summed E-state index contributed by atoms with van der Waals surface area (Å²) < 4.78 is -0.135. The molecule has 0 saturated heterocycles. The minimum absolute atomic E-state index is 0.135. The van der Waals surface area contributed by atoms with Gasteiger partial charge in [0, 0.05) is 38.2 Å². The molecule has 0 unspecified atom stereocenters. The standard InChI is InChI=1S/C57H60N2Si2/c1-37-23-29-43(30-24-37)58(51-33-39(3)21-27-41(51)5)53-35-49-55(47-19-15-13-17-45(47)53)56-48-20-16-14-18-46(48)54(36-50(56)57(49,60(7,8)9)61(10,11)12)59(44-31-25-38(2)26-32-44)52-34-40(4)22-28-42(52)6/h13-36H,1-12H3. The Balaban J connectivity index is 1.47. The molecule has 2 nitrogen and oxygen atoms in total. The second-order valence-electron chi connectivity index (χ2n) is 19.9. The van der Waals surface area contributed by atoms with Crippen LogP contribution < -0.4 is 9.80 Å². The number of hydrogen-bond acceptors (Lipinski definition) is 2. The summed E-state index contributed by atoms with van der Waals surface area (Å²) in [7, 11) is -4.30. The molecule has 61 heavy (non-hydrogen) atoms. The molecule has 0 aliphatic heterocycles. The molecule has 0 N–H and O–H groups in total. The lowest BCUT2D eigenvalue weighted by atomic mass is 9.91. The highest BCUT2D eigenvalue weighted by atomic mass is 28.4. The van der Waals surface area contributed by atoms with Crippen molar-refractivity contribution in [2.45, 2.75) is 85.5 Å². The highest BCUT2D eigenvalue weighted by Gasteiger charge is 2.60. The van der Waals surface area contributed by atoms with Crippen LogP contribution in [0.15, 0.2) is 146 Å². The van der Waals surface area contributed by atoms with Gasteiger partial charge < -0.3 is 9.80 Å². The molecular weight excluding hydrogens is 769 g/mol. The Labute approximate surface area is 366 Å². The lowest BCUT2D eigenvalue weighted by molar-refractivity contribution is 0.953. The predicted octanol–water partition coefficient (Wildman–Crippen LogP) is 16.8. The van der Waals surface area contributed by atoms with Gasteiger partial charge in [-0.1, -0.05) is 147 Å². The summed E-state index contributed by atoms with van der Waals surface area (Å²) in [5.74, 6) is 0. The zero-order valence-corrected chi connectivity index (χ0v) is 40.3. The number of fused-ring (bicyclic) bond motifs is 7. The molecule has 8 aromatic rings. The Bertz CT molecular complexity index is 2790. The lowest BCUT2D eigenvalue weighted by Gasteiger charge is -2.51. The summed E-state index contributed by atoms with van der Waals surface area (Å²) in [6.07, 6.45) is 0. The smallest absolute Gasteiger partial charge is 0.0579 e. The van der Waals surface area contributed by atoms with E-state index in [1.54, 1.807) is 0 Å². The van der Waals surface area contributed by atoms with Gasteiger partial charge in [-0.05, 0) is 145 Å². The van der Waals surface area contributed by atoms with E-state index in [9.17, 15) is 0 Å². The maximum Gasteiger partial charge on any atom is 0.0579 e. The monoisotopic (exact) mass is 828 g/mol. The van der Waals surface area contributed by atoms with Crippen LogP contribution in [0.1, 0.15) is 44.5 Å². The molecule has 0 amide bonds. The topological polar surface area (TPSA) is 6.48 Å². The number of aryl methyl sites for hydroxylation is 6. The first kappa shape index (κ1) is 40.7. The minimum Gasteiger partial charge on any atom is -0.310 e. The van der Waals surface area contributed by atoms with Crippen molar-refractivity contribution in [1.29, 1.82) is 0 Å². The van der Waals surface area contributed by atoms with Gasteiger partial charge >= 0.3 is 0 Å². The third-order valence-electron chi connectivity index (χ3n) is 13.6. The first-order valence-corrected chi connectivity index (χ1v) is 29.0. The molecular formula is C57H60N2Si2. The number of benzene rings is 8. The largest absolute Gasteiger partial charge is 0.310 e. The summed E-state index contributed by atoms with van der Waals surface area (Å²) in [5.41, 5.74) is 20.8. The fourth-order valence-corrected chi connectivity index (χ4v) is 24.2. The molecule has 0 atom stereocenters. The van der Waals surface area contributed by atoms with E-state index < -0.39 is 16.1 Å². The van der Waals surface area contributed by atoms with Crippen LogP contribution in [0.5, 0.6) is 0 Å². The number of rotatable bonds is 8. The van der Waals surface area contributed by atoms with E-state index in [1.807, 2.05) is 0 Å². The van der Waals surface area contributed by atoms with Crippen molar-refractivity contribution in [1.82, 2.24) is 0 Å². The van der Waals surface area contributed by atoms with Gasteiger partial charge in [0.2, 0.25) is 0 Å². The normalized spacial score (nSPS) is 13.4. The Kier molecular flexibility index (Phi) is 9.84. The van der Waals surface area contributed by atoms with Crippen LogP contribution in [0, 0.1) is 41.5 Å². The zero-order valence-electron chi connectivity index (χ0n) is 38.3. The van der Waals surface area contributed by atoms with Crippen LogP contribution in [-0.4, -0.2) is 16.1 Å². The molecule has 0 bridgehead atoms. The first-order chi connectivity index (χ1) is 29.0. The van der Waals surface area contributed by atoms with Crippen LogP contribution in [-0.2, 0) is 4.66 Å². The second kappa shape index (κ2) is 14.7. The Morgan fingerprint density at radius 3 is 1.02 bits per heavy atom. The quantitative estimate of drug-likeness (QED) is 0.141. The number of anilines is 6. The van der Waals surface area contributed by atoms with E-state index in [4.69, 9.17) is 0 Å². The maximum absolute atomic E-state index is 2.67. The van der Waals surface area contributed by atoms with Crippen LogP contribution in [0.3, 0.4) is 0 Å². The highest BCUT2D eigenvalue weighted by Crippen LogP contribution is 2.64. The summed E-state index contributed by atoms with van der Waals surface area (Å²) in [5, 5.41) is 5.22. The molecule has 1 aliphatic carbocycles. The average molecular weight is 829 g/mol. The Hall–Kier alpha value is -5.69. The molecule has 9 rings (SSSR count). The number of hydrogen-bond donors (Lipinski definition) is 0. The van der Waals surface area contributed by atoms with Crippen LogP contribution in [0.25, 0.3) is 32.7 Å². The number of nitrogens with zero attached hydrogens (tertiary/aromatic N) is 2. The third kappa shape index (κ3) is 6.41.